The normalized spacial score (nSPS) is 23.0. The molecule has 3 heterocycles. The lowest BCUT2D eigenvalue weighted by Gasteiger charge is -2.43. The van der Waals surface area contributed by atoms with Crippen LogP contribution in [0.1, 0.15) is 22.0 Å². The van der Waals surface area contributed by atoms with E-state index in [9.17, 15) is 4.79 Å². The van der Waals surface area contributed by atoms with Crippen molar-refractivity contribution >= 4 is 5.91 Å². The number of rotatable bonds is 5. The van der Waals surface area contributed by atoms with Crippen molar-refractivity contribution in [2.45, 2.75) is 12.1 Å². The molecule has 0 aliphatic carbocycles. The molecule has 4 rings (SSSR count). The first kappa shape index (κ1) is 19.8. The van der Waals surface area contributed by atoms with Crippen LogP contribution in [-0.4, -0.2) is 79.9 Å². The number of ether oxygens (including phenoxy) is 3. The third-order valence-electron chi connectivity index (χ3n) is 5.52. The Labute approximate surface area is 171 Å². The molecule has 2 aromatic rings. The molecule has 1 aromatic heterocycles. The lowest BCUT2D eigenvalue weighted by Crippen LogP contribution is -2.53. The molecule has 2 fully saturated rings. The van der Waals surface area contributed by atoms with Gasteiger partial charge >= 0.3 is 0 Å². The molecular formula is C22H27N3O4. The molecule has 0 N–H and O–H groups in total. The van der Waals surface area contributed by atoms with E-state index in [1.165, 1.54) is 0 Å². The van der Waals surface area contributed by atoms with Gasteiger partial charge in [0, 0.05) is 38.6 Å². The van der Waals surface area contributed by atoms with Crippen LogP contribution in [-0.2, 0) is 9.47 Å². The smallest absolute Gasteiger partial charge is 0.258 e. The van der Waals surface area contributed by atoms with Crippen LogP contribution >= 0.6 is 0 Å². The van der Waals surface area contributed by atoms with Gasteiger partial charge in [-0.15, -0.1) is 0 Å². The number of benzene rings is 1. The number of aromatic nitrogens is 1. The van der Waals surface area contributed by atoms with Gasteiger partial charge in [0.2, 0.25) is 0 Å². The zero-order chi connectivity index (χ0) is 20.1. The third-order valence-corrected chi connectivity index (χ3v) is 5.52. The summed E-state index contributed by atoms with van der Waals surface area (Å²) in [5, 5.41) is 0. The summed E-state index contributed by atoms with van der Waals surface area (Å²) in [6, 6.07) is 11.1. The van der Waals surface area contributed by atoms with Gasteiger partial charge in [-0.25, -0.2) is 0 Å². The second kappa shape index (κ2) is 9.35. The van der Waals surface area contributed by atoms with Crippen LogP contribution in [0.4, 0.5) is 0 Å². The minimum atomic E-state index is -0.210. The van der Waals surface area contributed by atoms with Crippen LogP contribution in [0.3, 0.4) is 0 Å². The number of nitrogens with zero attached hydrogens (tertiary/aromatic N) is 3. The number of carbonyl (C=O) groups excluding carboxylic acids is 1. The highest BCUT2D eigenvalue weighted by molar-refractivity contribution is 5.97. The Kier molecular flexibility index (Phi) is 6.39. The second-order valence-corrected chi connectivity index (χ2v) is 7.25. The van der Waals surface area contributed by atoms with Gasteiger partial charge in [0.25, 0.3) is 5.91 Å². The molecule has 0 spiro atoms. The molecule has 1 amide bonds. The topological polar surface area (TPSA) is 64.1 Å². The minimum Gasteiger partial charge on any atom is -0.496 e. The van der Waals surface area contributed by atoms with E-state index < -0.39 is 0 Å². The van der Waals surface area contributed by atoms with E-state index in [1.807, 2.05) is 47.5 Å². The number of hydrogen-bond acceptors (Lipinski definition) is 6. The standard InChI is InChI=1S/C22H27N3O4/c1-27-19-7-3-2-6-18(19)22(26)25-11-14-29-20(16-24-9-12-28-13-10-24)21(25)17-5-4-8-23-15-17/h2-8,15,20-21H,9-14,16H2,1H3/t20-,21-/m0/s1. The second-order valence-electron chi connectivity index (χ2n) is 7.25. The van der Waals surface area contributed by atoms with E-state index >= 15 is 0 Å². The van der Waals surface area contributed by atoms with Gasteiger partial charge in [-0.3, -0.25) is 14.7 Å². The van der Waals surface area contributed by atoms with Gasteiger partial charge in [0.05, 0.1) is 44.6 Å². The maximum Gasteiger partial charge on any atom is 0.258 e. The Morgan fingerprint density at radius 3 is 2.72 bits per heavy atom. The van der Waals surface area contributed by atoms with Crippen molar-refractivity contribution < 1.29 is 19.0 Å². The van der Waals surface area contributed by atoms with Crippen molar-refractivity contribution in [3.05, 3.63) is 59.9 Å². The maximum absolute atomic E-state index is 13.5. The summed E-state index contributed by atoms with van der Waals surface area (Å²) in [4.78, 5) is 22.1. The van der Waals surface area contributed by atoms with Crippen molar-refractivity contribution in [1.82, 2.24) is 14.8 Å². The molecule has 0 unspecified atom stereocenters. The van der Waals surface area contributed by atoms with Crippen molar-refractivity contribution in [2.75, 3.05) is 53.1 Å². The number of amides is 1. The number of carbonyl (C=O) groups is 1. The number of para-hydroxylation sites is 1. The molecule has 29 heavy (non-hydrogen) atoms. The largest absolute Gasteiger partial charge is 0.496 e. The Balaban J connectivity index is 1.64. The van der Waals surface area contributed by atoms with Crippen molar-refractivity contribution in [3.63, 3.8) is 0 Å². The van der Waals surface area contributed by atoms with Crippen LogP contribution in [0.25, 0.3) is 0 Å². The average molecular weight is 397 g/mol. The summed E-state index contributed by atoms with van der Waals surface area (Å²) in [7, 11) is 1.59. The van der Waals surface area contributed by atoms with Gasteiger partial charge in [-0.05, 0) is 23.8 Å². The Bertz CT molecular complexity index is 811. The molecule has 1 aromatic carbocycles. The minimum absolute atomic E-state index is 0.0495. The van der Waals surface area contributed by atoms with E-state index in [1.54, 1.807) is 13.3 Å². The van der Waals surface area contributed by atoms with Crippen molar-refractivity contribution in [2.24, 2.45) is 0 Å². The highest BCUT2D eigenvalue weighted by atomic mass is 16.5. The Hall–Kier alpha value is -2.48. The molecule has 2 saturated heterocycles. The van der Waals surface area contributed by atoms with Gasteiger partial charge < -0.3 is 19.1 Å². The monoisotopic (exact) mass is 397 g/mol. The third kappa shape index (κ3) is 4.42. The van der Waals surface area contributed by atoms with Gasteiger partial charge in [-0.2, -0.15) is 0 Å². The molecule has 7 heteroatoms. The highest BCUT2D eigenvalue weighted by Gasteiger charge is 2.38. The molecule has 154 valence electrons. The first-order valence-electron chi connectivity index (χ1n) is 10.0. The number of morpholine rings is 2. The summed E-state index contributed by atoms with van der Waals surface area (Å²) >= 11 is 0. The lowest BCUT2D eigenvalue weighted by atomic mass is 9.97. The van der Waals surface area contributed by atoms with E-state index in [4.69, 9.17) is 14.2 Å². The van der Waals surface area contributed by atoms with Crippen LogP contribution in [0, 0.1) is 0 Å². The predicted octanol–water partition coefficient (Wildman–Crippen LogP) is 2.00. The van der Waals surface area contributed by atoms with Gasteiger partial charge in [0.15, 0.2) is 0 Å². The molecule has 2 aliphatic heterocycles. The maximum atomic E-state index is 13.5. The molecule has 0 radical (unpaired) electrons. The fraction of sp³-hybridized carbons (Fsp3) is 0.455. The van der Waals surface area contributed by atoms with Crippen molar-refractivity contribution in [3.8, 4) is 5.75 Å². The summed E-state index contributed by atoms with van der Waals surface area (Å²) in [5.41, 5.74) is 1.55. The number of methoxy groups -OCH3 is 1. The molecule has 0 bridgehead atoms. The number of hydrogen-bond donors (Lipinski definition) is 0. The van der Waals surface area contributed by atoms with Crippen LogP contribution < -0.4 is 4.74 Å². The SMILES string of the molecule is COc1ccccc1C(=O)N1CCO[C@@H](CN2CCOCC2)[C@@H]1c1cccnc1. The summed E-state index contributed by atoms with van der Waals surface area (Å²) in [6.45, 7) is 4.99. The van der Waals surface area contributed by atoms with E-state index in [-0.39, 0.29) is 18.1 Å². The lowest BCUT2D eigenvalue weighted by molar-refractivity contribution is -0.0820. The van der Waals surface area contributed by atoms with E-state index in [0.717, 1.165) is 38.4 Å². The fourth-order valence-electron chi connectivity index (χ4n) is 4.07. The molecule has 2 atom stereocenters. The zero-order valence-electron chi connectivity index (χ0n) is 16.7. The Morgan fingerprint density at radius 1 is 1.14 bits per heavy atom. The van der Waals surface area contributed by atoms with Crippen LogP contribution in [0.2, 0.25) is 0 Å². The molecular weight excluding hydrogens is 370 g/mol. The predicted molar refractivity (Wildman–Crippen MR) is 108 cm³/mol. The highest BCUT2D eigenvalue weighted by Crippen LogP contribution is 2.33. The van der Waals surface area contributed by atoms with Gasteiger partial charge in [-0.1, -0.05) is 18.2 Å². The summed E-state index contributed by atoms with van der Waals surface area (Å²) in [5.74, 6) is 0.533. The quantitative estimate of drug-likeness (QED) is 0.769. The first-order chi connectivity index (χ1) is 14.3. The summed E-state index contributed by atoms with van der Waals surface area (Å²) < 4.78 is 17.1. The van der Waals surface area contributed by atoms with E-state index in [0.29, 0.717) is 24.5 Å². The fourth-order valence-corrected chi connectivity index (χ4v) is 4.07. The number of pyridine rings is 1. The molecule has 0 saturated carbocycles. The van der Waals surface area contributed by atoms with E-state index in [2.05, 4.69) is 9.88 Å². The zero-order valence-corrected chi connectivity index (χ0v) is 16.7. The Morgan fingerprint density at radius 2 is 1.97 bits per heavy atom. The summed E-state index contributed by atoms with van der Waals surface area (Å²) in [6.07, 6.45) is 3.44. The molecule has 7 nitrogen and oxygen atoms in total. The average Bonchev–Trinajstić information content (AvgIpc) is 2.79. The first-order valence-corrected chi connectivity index (χ1v) is 10.0. The molecule has 2 aliphatic rings. The van der Waals surface area contributed by atoms with Gasteiger partial charge in [0.1, 0.15) is 5.75 Å². The van der Waals surface area contributed by atoms with Crippen molar-refractivity contribution in [1.29, 1.82) is 0 Å². The van der Waals surface area contributed by atoms with Crippen LogP contribution in [0.5, 0.6) is 5.75 Å². The van der Waals surface area contributed by atoms with Crippen LogP contribution in [0.15, 0.2) is 48.8 Å².